The Balaban J connectivity index is 2.07. The molecule has 0 saturated heterocycles. The van der Waals surface area contributed by atoms with E-state index in [-0.39, 0.29) is 21.5 Å². The summed E-state index contributed by atoms with van der Waals surface area (Å²) in [6.45, 7) is 0.818. The lowest BCUT2D eigenvalue weighted by molar-refractivity contribution is -0.116. The number of rotatable bonds is 6. The number of likely N-dealkylation sites (N-methyl/N-ethyl adjacent to an activating group) is 1. The molecule has 0 fully saturated rings. The van der Waals surface area contributed by atoms with Crippen molar-refractivity contribution in [1.82, 2.24) is 4.31 Å². The molecule has 0 aromatic heterocycles. The number of hydrogen-bond donors (Lipinski definition) is 2. The van der Waals surface area contributed by atoms with Gasteiger partial charge in [0, 0.05) is 24.7 Å². The van der Waals surface area contributed by atoms with Crippen molar-refractivity contribution in [1.29, 1.82) is 0 Å². The maximum Gasteiger partial charge on any atom is 0.243 e. The Labute approximate surface area is 161 Å². The van der Waals surface area contributed by atoms with Gasteiger partial charge in [-0.05, 0) is 42.5 Å². The van der Waals surface area contributed by atoms with Crippen LogP contribution >= 0.6 is 11.6 Å². The number of benzene rings is 2. The SMILES string of the molecule is CC(=O)Nc1ccc(S(=O)(=O)N(C)CC(=O)Nc2ccc(Cl)cc2F)cc1. The summed E-state index contributed by atoms with van der Waals surface area (Å²) in [5, 5.41) is 5.00. The molecule has 0 radical (unpaired) electrons. The highest BCUT2D eigenvalue weighted by Crippen LogP contribution is 2.20. The molecule has 10 heteroatoms. The first-order chi connectivity index (χ1) is 12.6. The third kappa shape index (κ3) is 5.49. The molecule has 0 bridgehead atoms. The smallest absolute Gasteiger partial charge is 0.243 e. The average Bonchev–Trinajstić information content (AvgIpc) is 2.57. The van der Waals surface area contributed by atoms with Crippen LogP contribution in [0.15, 0.2) is 47.4 Å². The summed E-state index contributed by atoms with van der Waals surface area (Å²) >= 11 is 5.64. The molecule has 0 aliphatic rings. The zero-order valence-electron chi connectivity index (χ0n) is 14.5. The van der Waals surface area contributed by atoms with E-state index in [2.05, 4.69) is 10.6 Å². The number of hydrogen-bond acceptors (Lipinski definition) is 4. The number of nitrogens with zero attached hydrogens (tertiary/aromatic N) is 1. The van der Waals surface area contributed by atoms with Gasteiger partial charge in [-0.15, -0.1) is 0 Å². The van der Waals surface area contributed by atoms with E-state index < -0.39 is 28.3 Å². The van der Waals surface area contributed by atoms with Crippen LogP contribution in [-0.4, -0.2) is 38.1 Å². The van der Waals surface area contributed by atoms with E-state index >= 15 is 0 Å². The highest BCUT2D eigenvalue weighted by molar-refractivity contribution is 7.89. The van der Waals surface area contributed by atoms with E-state index in [4.69, 9.17) is 11.6 Å². The summed E-state index contributed by atoms with van der Waals surface area (Å²) in [5.74, 6) is -1.72. The molecule has 2 aromatic carbocycles. The molecule has 0 atom stereocenters. The van der Waals surface area contributed by atoms with Crippen LogP contribution in [-0.2, 0) is 19.6 Å². The van der Waals surface area contributed by atoms with Gasteiger partial charge < -0.3 is 10.6 Å². The first-order valence-corrected chi connectivity index (χ1v) is 9.50. The van der Waals surface area contributed by atoms with Crippen molar-refractivity contribution in [2.75, 3.05) is 24.2 Å². The Morgan fingerprint density at radius 2 is 1.74 bits per heavy atom. The van der Waals surface area contributed by atoms with Crippen molar-refractivity contribution >= 4 is 44.8 Å². The van der Waals surface area contributed by atoms with Gasteiger partial charge in [-0.3, -0.25) is 9.59 Å². The second-order valence-corrected chi connectivity index (χ2v) is 8.12. The third-order valence-corrected chi connectivity index (χ3v) is 5.51. The largest absolute Gasteiger partial charge is 0.326 e. The van der Waals surface area contributed by atoms with Crippen molar-refractivity contribution in [2.45, 2.75) is 11.8 Å². The first-order valence-electron chi connectivity index (χ1n) is 7.68. The molecule has 0 heterocycles. The van der Waals surface area contributed by atoms with Crippen LogP contribution in [0.25, 0.3) is 0 Å². The molecule has 2 rings (SSSR count). The van der Waals surface area contributed by atoms with Crippen LogP contribution in [0.1, 0.15) is 6.92 Å². The van der Waals surface area contributed by atoms with Crippen molar-refractivity contribution in [3.05, 3.63) is 53.3 Å². The molecule has 0 unspecified atom stereocenters. The van der Waals surface area contributed by atoms with Gasteiger partial charge in [-0.2, -0.15) is 4.31 Å². The molecule has 0 saturated carbocycles. The van der Waals surface area contributed by atoms with Gasteiger partial charge >= 0.3 is 0 Å². The standard InChI is InChI=1S/C17H17ClFN3O4S/c1-11(23)20-13-4-6-14(7-5-13)27(25,26)22(2)10-17(24)21-16-8-3-12(18)9-15(16)19/h3-9H,10H2,1-2H3,(H,20,23)(H,21,24). The van der Waals surface area contributed by atoms with Crippen LogP contribution in [0, 0.1) is 5.82 Å². The summed E-state index contributed by atoms with van der Waals surface area (Å²) in [7, 11) is -2.71. The highest BCUT2D eigenvalue weighted by Gasteiger charge is 2.23. The number of carbonyl (C=O) groups excluding carboxylic acids is 2. The monoisotopic (exact) mass is 413 g/mol. The van der Waals surface area contributed by atoms with Crippen molar-refractivity contribution in [3.63, 3.8) is 0 Å². The second-order valence-electron chi connectivity index (χ2n) is 5.64. The van der Waals surface area contributed by atoms with E-state index in [1.165, 1.54) is 50.4 Å². The van der Waals surface area contributed by atoms with Crippen LogP contribution < -0.4 is 10.6 Å². The minimum absolute atomic E-state index is 0.0513. The Morgan fingerprint density at radius 1 is 1.11 bits per heavy atom. The Bertz CT molecular complexity index is 965. The van der Waals surface area contributed by atoms with E-state index in [1.54, 1.807) is 0 Å². The van der Waals surface area contributed by atoms with Gasteiger partial charge in [0.15, 0.2) is 0 Å². The Kier molecular flexibility index (Phi) is 6.53. The molecule has 2 amide bonds. The maximum absolute atomic E-state index is 13.7. The molecular weight excluding hydrogens is 397 g/mol. The molecule has 2 aromatic rings. The van der Waals surface area contributed by atoms with Crippen molar-refractivity contribution in [2.24, 2.45) is 0 Å². The highest BCUT2D eigenvalue weighted by atomic mass is 35.5. The fourth-order valence-corrected chi connectivity index (χ4v) is 3.45. The van der Waals surface area contributed by atoms with Crippen LogP contribution in [0.4, 0.5) is 15.8 Å². The van der Waals surface area contributed by atoms with Crippen molar-refractivity contribution < 1.29 is 22.4 Å². The van der Waals surface area contributed by atoms with Gasteiger partial charge in [-0.1, -0.05) is 11.6 Å². The zero-order chi connectivity index (χ0) is 20.2. The van der Waals surface area contributed by atoms with Gasteiger partial charge in [0.2, 0.25) is 21.8 Å². The lowest BCUT2D eigenvalue weighted by atomic mass is 10.3. The molecule has 7 nitrogen and oxygen atoms in total. The van der Waals surface area contributed by atoms with Crippen LogP contribution in [0.2, 0.25) is 5.02 Å². The first kappa shape index (κ1) is 20.8. The lowest BCUT2D eigenvalue weighted by Gasteiger charge is -2.17. The number of carbonyl (C=O) groups is 2. The number of halogens is 2. The normalized spacial score (nSPS) is 11.3. The minimum atomic E-state index is -3.94. The second kappa shape index (κ2) is 8.47. The maximum atomic E-state index is 13.7. The van der Waals surface area contributed by atoms with Gasteiger partial charge in [0.05, 0.1) is 17.1 Å². The van der Waals surface area contributed by atoms with E-state index in [0.717, 1.165) is 10.4 Å². The fourth-order valence-electron chi connectivity index (χ4n) is 2.16. The summed E-state index contributed by atoms with van der Waals surface area (Å²) in [6.07, 6.45) is 0. The molecule has 2 N–H and O–H groups in total. The predicted octanol–water partition coefficient (Wildman–Crippen LogP) is 2.70. The molecule has 27 heavy (non-hydrogen) atoms. The Hall–Kier alpha value is -2.49. The average molecular weight is 414 g/mol. The van der Waals surface area contributed by atoms with Gasteiger partial charge in [-0.25, -0.2) is 12.8 Å². The summed E-state index contributed by atoms with van der Waals surface area (Å²) in [4.78, 5) is 23.0. The van der Waals surface area contributed by atoms with Crippen molar-refractivity contribution in [3.8, 4) is 0 Å². The number of anilines is 2. The van der Waals surface area contributed by atoms with E-state index in [9.17, 15) is 22.4 Å². The summed E-state index contributed by atoms with van der Waals surface area (Å²) < 4.78 is 39.6. The van der Waals surface area contributed by atoms with E-state index in [1.807, 2.05) is 0 Å². The number of nitrogens with one attached hydrogen (secondary N) is 2. The topological polar surface area (TPSA) is 95.6 Å². The quantitative estimate of drug-likeness (QED) is 0.761. The molecule has 0 aliphatic carbocycles. The number of amides is 2. The molecule has 0 spiro atoms. The van der Waals surface area contributed by atoms with Crippen LogP contribution in [0.5, 0.6) is 0 Å². The van der Waals surface area contributed by atoms with Gasteiger partial charge in [0.25, 0.3) is 0 Å². The minimum Gasteiger partial charge on any atom is -0.326 e. The zero-order valence-corrected chi connectivity index (χ0v) is 16.1. The van der Waals surface area contributed by atoms with Crippen LogP contribution in [0.3, 0.4) is 0 Å². The van der Waals surface area contributed by atoms with E-state index in [0.29, 0.717) is 5.69 Å². The molecular formula is C17H17ClFN3O4S. The molecule has 144 valence electrons. The van der Waals surface area contributed by atoms with Gasteiger partial charge in [0.1, 0.15) is 5.82 Å². The Morgan fingerprint density at radius 3 is 2.30 bits per heavy atom. The fraction of sp³-hybridized carbons (Fsp3) is 0.176. The molecule has 0 aliphatic heterocycles. The number of sulfonamides is 1. The predicted molar refractivity (Wildman–Crippen MR) is 101 cm³/mol. The summed E-state index contributed by atoms with van der Waals surface area (Å²) in [5.41, 5.74) is 0.343. The summed E-state index contributed by atoms with van der Waals surface area (Å²) in [6, 6.07) is 9.22. The third-order valence-electron chi connectivity index (χ3n) is 3.45. The lowest BCUT2D eigenvalue weighted by Crippen LogP contribution is -2.35.